The minimum Gasteiger partial charge on any atom is -0.490 e. The molecule has 0 aliphatic rings. The average Bonchev–Trinajstić information content (AvgIpc) is 2.29. The molecule has 0 unspecified atom stereocenters. The van der Waals surface area contributed by atoms with Crippen molar-refractivity contribution < 1.29 is 4.74 Å². The van der Waals surface area contributed by atoms with Crippen LogP contribution in [0.5, 0.6) is 5.75 Å². The van der Waals surface area contributed by atoms with Gasteiger partial charge in [-0.1, -0.05) is 12.1 Å². The van der Waals surface area contributed by atoms with Crippen molar-refractivity contribution in [3.05, 3.63) is 34.5 Å². The van der Waals surface area contributed by atoms with E-state index in [0.717, 1.165) is 15.1 Å². The van der Waals surface area contributed by atoms with E-state index in [1.54, 1.807) is 11.3 Å². The molecule has 3 nitrogen and oxygen atoms in total. The van der Waals surface area contributed by atoms with E-state index in [9.17, 15) is 4.79 Å². The van der Waals surface area contributed by atoms with Crippen molar-refractivity contribution in [1.29, 1.82) is 0 Å². The van der Waals surface area contributed by atoms with Crippen LogP contribution in [0.2, 0.25) is 0 Å². The summed E-state index contributed by atoms with van der Waals surface area (Å²) < 4.78 is 6.19. The Morgan fingerprint density at radius 1 is 1.25 bits per heavy atom. The number of methoxy groups -OCH3 is 1. The Morgan fingerprint density at radius 3 is 2.56 bits per heavy atom. The van der Waals surface area contributed by atoms with Crippen LogP contribution in [0.3, 0.4) is 0 Å². The molecular weight excluding hydrogens is 222 g/mol. The van der Waals surface area contributed by atoms with Crippen LogP contribution in [0.15, 0.2) is 29.1 Å². The largest absolute Gasteiger partial charge is 0.490 e. The molecule has 1 aromatic carbocycles. The lowest BCUT2D eigenvalue weighted by molar-refractivity contribution is 0.413. The molecule has 0 bridgehead atoms. The molecule has 0 spiro atoms. The third kappa shape index (κ3) is 1.65. The molecule has 0 saturated heterocycles. The van der Waals surface area contributed by atoms with Crippen LogP contribution < -0.4 is 15.1 Å². The summed E-state index contributed by atoms with van der Waals surface area (Å²) in [4.78, 5) is 14.0. The van der Waals surface area contributed by atoms with Gasteiger partial charge < -0.3 is 9.64 Å². The summed E-state index contributed by atoms with van der Waals surface area (Å²) in [5.74, 6) is 0.425. The van der Waals surface area contributed by atoms with E-state index >= 15 is 0 Å². The molecule has 0 aliphatic heterocycles. The highest BCUT2D eigenvalue weighted by Gasteiger charge is 2.13. The van der Waals surface area contributed by atoms with Gasteiger partial charge in [-0.2, -0.15) is 0 Å². The van der Waals surface area contributed by atoms with Crippen molar-refractivity contribution in [3.8, 4) is 5.75 Å². The molecule has 84 valence electrons. The first-order chi connectivity index (χ1) is 7.65. The molecule has 1 heterocycles. The molecule has 0 N–H and O–H groups in total. The Labute approximate surface area is 97.9 Å². The second-order valence-electron chi connectivity index (χ2n) is 3.66. The molecule has 0 saturated carbocycles. The molecule has 2 rings (SSSR count). The lowest BCUT2D eigenvalue weighted by Crippen LogP contribution is -2.14. The SMILES string of the molecule is COc1c(N(C)C)sc2ccccc2c1=O. The molecule has 2 aromatic rings. The molecule has 1 aromatic heterocycles. The van der Waals surface area contributed by atoms with Crippen molar-refractivity contribution in [2.45, 2.75) is 0 Å². The summed E-state index contributed by atoms with van der Waals surface area (Å²) in [5.41, 5.74) is -0.0412. The molecule has 4 heteroatoms. The lowest BCUT2D eigenvalue weighted by atomic mass is 10.2. The van der Waals surface area contributed by atoms with Gasteiger partial charge in [0.25, 0.3) is 0 Å². The predicted octanol–water partition coefficient (Wildman–Crippen LogP) is 2.34. The molecule has 16 heavy (non-hydrogen) atoms. The maximum Gasteiger partial charge on any atom is 0.232 e. The highest BCUT2D eigenvalue weighted by atomic mass is 32.1. The van der Waals surface area contributed by atoms with E-state index in [2.05, 4.69) is 0 Å². The van der Waals surface area contributed by atoms with Crippen LogP contribution in [-0.2, 0) is 0 Å². The summed E-state index contributed by atoms with van der Waals surface area (Å²) in [5, 5.41) is 1.57. The normalized spacial score (nSPS) is 10.4. The van der Waals surface area contributed by atoms with Gasteiger partial charge in [-0.15, -0.1) is 11.3 Å². The fourth-order valence-electron chi connectivity index (χ4n) is 1.59. The first-order valence-electron chi connectivity index (χ1n) is 4.92. The van der Waals surface area contributed by atoms with E-state index in [1.165, 1.54) is 7.11 Å². The minimum atomic E-state index is -0.0412. The Hall–Kier alpha value is -1.55. The van der Waals surface area contributed by atoms with Gasteiger partial charge in [-0.3, -0.25) is 4.79 Å². The maximum atomic E-state index is 12.1. The zero-order valence-corrected chi connectivity index (χ0v) is 10.3. The van der Waals surface area contributed by atoms with Gasteiger partial charge in [0.05, 0.1) is 7.11 Å². The minimum absolute atomic E-state index is 0.0412. The highest BCUT2D eigenvalue weighted by molar-refractivity contribution is 7.22. The number of fused-ring (bicyclic) bond motifs is 1. The smallest absolute Gasteiger partial charge is 0.232 e. The van der Waals surface area contributed by atoms with Gasteiger partial charge in [0.2, 0.25) is 11.2 Å². The van der Waals surface area contributed by atoms with Crippen LogP contribution in [0.4, 0.5) is 5.00 Å². The molecule has 0 fully saturated rings. The third-order valence-electron chi connectivity index (χ3n) is 2.35. The number of ether oxygens (including phenoxy) is 1. The zero-order chi connectivity index (χ0) is 11.7. The van der Waals surface area contributed by atoms with Crippen molar-refractivity contribution in [3.63, 3.8) is 0 Å². The molecule has 0 atom stereocenters. The second-order valence-corrected chi connectivity index (χ2v) is 4.69. The molecule has 0 amide bonds. The number of hydrogen-bond donors (Lipinski definition) is 0. The predicted molar refractivity (Wildman–Crippen MR) is 69.0 cm³/mol. The molecule has 0 radical (unpaired) electrons. The van der Waals surface area contributed by atoms with Crippen molar-refractivity contribution in [1.82, 2.24) is 0 Å². The van der Waals surface area contributed by atoms with E-state index in [0.29, 0.717) is 5.75 Å². The van der Waals surface area contributed by atoms with Crippen LogP contribution in [0, 0.1) is 0 Å². The first-order valence-corrected chi connectivity index (χ1v) is 5.74. The fraction of sp³-hybridized carbons (Fsp3) is 0.250. The standard InChI is InChI=1S/C12H13NO2S/c1-13(2)12-11(15-3)10(14)8-6-4-5-7-9(8)16-12/h4-7H,1-3H3. The second kappa shape index (κ2) is 4.14. The zero-order valence-electron chi connectivity index (χ0n) is 9.48. The van der Waals surface area contributed by atoms with Gasteiger partial charge >= 0.3 is 0 Å². The number of benzene rings is 1. The average molecular weight is 235 g/mol. The number of rotatable bonds is 2. The maximum absolute atomic E-state index is 12.1. The monoisotopic (exact) mass is 235 g/mol. The van der Waals surface area contributed by atoms with E-state index < -0.39 is 0 Å². The Balaban J connectivity index is 2.87. The Bertz CT molecular complexity index is 575. The summed E-state index contributed by atoms with van der Waals surface area (Å²) in [6.45, 7) is 0. The lowest BCUT2D eigenvalue weighted by Gasteiger charge is -2.15. The first kappa shape index (κ1) is 11.0. The number of nitrogens with zero attached hydrogens (tertiary/aromatic N) is 1. The summed E-state index contributed by atoms with van der Waals surface area (Å²) in [7, 11) is 5.34. The van der Waals surface area contributed by atoms with Gasteiger partial charge in [0, 0.05) is 24.2 Å². The highest BCUT2D eigenvalue weighted by Crippen LogP contribution is 2.33. The summed E-state index contributed by atoms with van der Waals surface area (Å²) in [6, 6.07) is 7.58. The fourth-order valence-corrected chi connectivity index (χ4v) is 2.66. The van der Waals surface area contributed by atoms with Gasteiger partial charge in [-0.05, 0) is 12.1 Å². The van der Waals surface area contributed by atoms with Crippen molar-refractivity contribution in [2.75, 3.05) is 26.1 Å². The molecule has 0 aliphatic carbocycles. The Morgan fingerprint density at radius 2 is 1.94 bits per heavy atom. The quantitative estimate of drug-likeness (QED) is 0.800. The van der Waals surface area contributed by atoms with Gasteiger partial charge in [0.1, 0.15) is 5.00 Å². The number of hydrogen-bond acceptors (Lipinski definition) is 4. The summed E-state index contributed by atoms with van der Waals surface area (Å²) >= 11 is 1.56. The van der Waals surface area contributed by atoms with E-state index in [-0.39, 0.29) is 5.43 Å². The van der Waals surface area contributed by atoms with E-state index in [1.807, 2.05) is 43.3 Å². The number of anilines is 1. The van der Waals surface area contributed by atoms with Crippen molar-refractivity contribution in [2.24, 2.45) is 0 Å². The van der Waals surface area contributed by atoms with Crippen LogP contribution in [0.25, 0.3) is 10.1 Å². The Kier molecular flexibility index (Phi) is 2.83. The topological polar surface area (TPSA) is 29.5 Å². The molecular formula is C12H13NO2S. The van der Waals surface area contributed by atoms with Gasteiger partial charge in [0.15, 0.2) is 0 Å². The van der Waals surface area contributed by atoms with Crippen LogP contribution in [0.1, 0.15) is 0 Å². The van der Waals surface area contributed by atoms with Crippen LogP contribution >= 0.6 is 11.3 Å². The third-order valence-corrected chi connectivity index (χ3v) is 3.67. The van der Waals surface area contributed by atoms with Gasteiger partial charge in [-0.25, -0.2) is 0 Å². The van der Waals surface area contributed by atoms with E-state index in [4.69, 9.17) is 4.74 Å². The van der Waals surface area contributed by atoms with Crippen LogP contribution in [-0.4, -0.2) is 21.2 Å². The summed E-state index contributed by atoms with van der Waals surface area (Å²) in [6.07, 6.45) is 0. The van der Waals surface area contributed by atoms with Crippen molar-refractivity contribution >= 4 is 26.4 Å².